The van der Waals surface area contributed by atoms with Crippen molar-refractivity contribution < 1.29 is 9.59 Å². The SMILES string of the molecule is CC(=O)Nc1nc2ccc(NC(=O)CCc3cccnc3)cc2s1. The number of carbonyl (C=O) groups is 2. The highest BCUT2D eigenvalue weighted by Crippen LogP contribution is 2.28. The van der Waals surface area contributed by atoms with Crippen LogP contribution in [-0.2, 0) is 16.0 Å². The van der Waals surface area contributed by atoms with Gasteiger partial charge in [0, 0.05) is 31.4 Å². The third-order valence-corrected chi connectivity index (χ3v) is 4.25. The van der Waals surface area contributed by atoms with Gasteiger partial charge in [-0.1, -0.05) is 17.4 Å². The third-order valence-electron chi connectivity index (χ3n) is 3.32. The van der Waals surface area contributed by atoms with E-state index in [0.717, 1.165) is 21.5 Å². The average Bonchev–Trinajstić information content (AvgIpc) is 2.94. The number of nitrogens with one attached hydrogen (secondary N) is 2. The molecule has 2 aromatic heterocycles. The molecule has 0 spiro atoms. The molecule has 2 N–H and O–H groups in total. The fraction of sp³-hybridized carbons (Fsp3) is 0.176. The van der Waals surface area contributed by atoms with Gasteiger partial charge in [-0.15, -0.1) is 0 Å². The minimum Gasteiger partial charge on any atom is -0.326 e. The molecule has 3 rings (SSSR count). The first-order chi connectivity index (χ1) is 11.6. The van der Waals surface area contributed by atoms with Gasteiger partial charge in [0.15, 0.2) is 5.13 Å². The van der Waals surface area contributed by atoms with Crippen molar-refractivity contribution in [3.63, 3.8) is 0 Å². The molecule has 0 fully saturated rings. The van der Waals surface area contributed by atoms with Crippen LogP contribution in [-0.4, -0.2) is 21.8 Å². The number of pyridine rings is 1. The second kappa shape index (κ2) is 7.18. The van der Waals surface area contributed by atoms with Gasteiger partial charge >= 0.3 is 0 Å². The van der Waals surface area contributed by atoms with E-state index in [1.165, 1.54) is 18.3 Å². The van der Waals surface area contributed by atoms with E-state index in [9.17, 15) is 9.59 Å². The lowest BCUT2D eigenvalue weighted by Crippen LogP contribution is -2.12. The molecule has 3 aromatic rings. The lowest BCUT2D eigenvalue weighted by molar-refractivity contribution is -0.116. The number of nitrogens with zero attached hydrogens (tertiary/aromatic N) is 2. The van der Waals surface area contributed by atoms with Gasteiger partial charge in [-0.25, -0.2) is 4.98 Å². The van der Waals surface area contributed by atoms with Crippen LogP contribution in [0.4, 0.5) is 10.8 Å². The maximum Gasteiger partial charge on any atom is 0.224 e. The number of carbonyl (C=O) groups excluding carboxylic acids is 2. The first-order valence-electron chi connectivity index (χ1n) is 7.47. The molecular weight excluding hydrogens is 324 g/mol. The number of amides is 2. The molecular formula is C17H16N4O2S. The van der Waals surface area contributed by atoms with Crippen LogP contribution in [0.25, 0.3) is 10.2 Å². The van der Waals surface area contributed by atoms with Gasteiger partial charge in [-0.05, 0) is 36.2 Å². The molecule has 0 saturated heterocycles. The molecule has 24 heavy (non-hydrogen) atoms. The van der Waals surface area contributed by atoms with Gasteiger partial charge in [0.25, 0.3) is 0 Å². The minimum atomic E-state index is -0.155. The first-order valence-corrected chi connectivity index (χ1v) is 8.29. The zero-order valence-electron chi connectivity index (χ0n) is 13.1. The summed E-state index contributed by atoms with van der Waals surface area (Å²) in [7, 11) is 0. The van der Waals surface area contributed by atoms with E-state index in [0.29, 0.717) is 18.0 Å². The number of benzene rings is 1. The fourth-order valence-corrected chi connectivity index (χ4v) is 3.18. The van der Waals surface area contributed by atoms with E-state index in [2.05, 4.69) is 20.6 Å². The van der Waals surface area contributed by atoms with Crippen LogP contribution in [0.5, 0.6) is 0 Å². The van der Waals surface area contributed by atoms with E-state index in [4.69, 9.17) is 0 Å². The topological polar surface area (TPSA) is 84.0 Å². The lowest BCUT2D eigenvalue weighted by atomic mass is 10.1. The van der Waals surface area contributed by atoms with Crippen molar-refractivity contribution in [2.24, 2.45) is 0 Å². The Morgan fingerprint density at radius 2 is 2.08 bits per heavy atom. The standard InChI is InChI=1S/C17H16N4O2S/c1-11(22)19-17-21-14-6-5-13(9-15(14)24-17)20-16(23)7-4-12-3-2-8-18-10-12/h2-3,5-6,8-10H,4,7H2,1H3,(H,20,23)(H,19,21,22). The molecule has 0 bridgehead atoms. The van der Waals surface area contributed by atoms with Gasteiger partial charge in [-0.2, -0.15) is 0 Å². The molecule has 0 atom stereocenters. The summed E-state index contributed by atoms with van der Waals surface area (Å²) in [4.78, 5) is 31.5. The Hall–Kier alpha value is -2.80. The van der Waals surface area contributed by atoms with Crippen molar-refractivity contribution >= 4 is 44.2 Å². The van der Waals surface area contributed by atoms with E-state index in [-0.39, 0.29) is 11.8 Å². The number of thiazole rings is 1. The summed E-state index contributed by atoms with van der Waals surface area (Å²) in [6.07, 6.45) is 4.52. The van der Waals surface area contributed by atoms with E-state index >= 15 is 0 Å². The molecule has 2 heterocycles. The summed E-state index contributed by atoms with van der Waals surface area (Å²) in [6.45, 7) is 1.44. The van der Waals surface area contributed by atoms with E-state index < -0.39 is 0 Å². The summed E-state index contributed by atoms with van der Waals surface area (Å²) in [5, 5.41) is 6.11. The lowest BCUT2D eigenvalue weighted by Gasteiger charge is -2.05. The Kier molecular flexibility index (Phi) is 4.81. The molecule has 0 aliphatic carbocycles. The molecule has 0 radical (unpaired) electrons. The normalized spacial score (nSPS) is 10.5. The van der Waals surface area contributed by atoms with Crippen LogP contribution in [0, 0.1) is 0 Å². The van der Waals surface area contributed by atoms with Crippen molar-refractivity contribution in [2.45, 2.75) is 19.8 Å². The maximum absolute atomic E-state index is 12.1. The molecule has 1 aromatic carbocycles. The number of aromatic nitrogens is 2. The van der Waals surface area contributed by atoms with Crippen molar-refractivity contribution in [3.05, 3.63) is 48.3 Å². The Morgan fingerprint density at radius 1 is 1.21 bits per heavy atom. The fourth-order valence-electron chi connectivity index (χ4n) is 2.23. The zero-order valence-corrected chi connectivity index (χ0v) is 13.9. The van der Waals surface area contributed by atoms with Gasteiger partial charge in [0.05, 0.1) is 10.2 Å². The number of anilines is 2. The van der Waals surface area contributed by atoms with Gasteiger partial charge in [-0.3, -0.25) is 14.6 Å². The Labute approximate surface area is 142 Å². The quantitative estimate of drug-likeness (QED) is 0.747. The predicted molar refractivity (Wildman–Crippen MR) is 95.1 cm³/mol. The summed E-state index contributed by atoms with van der Waals surface area (Å²) < 4.78 is 0.906. The monoisotopic (exact) mass is 340 g/mol. The van der Waals surface area contributed by atoms with Crippen LogP contribution in [0.3, 0.4) is 0 Å². The van der Waals surface area contributed by atoms with Crippen LogP contribution in [0.1, 0.15) is 18.9 Å². The highest BCUT2D eigenvalue weighted by Gasteiger charge is 2.08. The Balaban J connectivity index is 1.64. The van der Waals surface area contributed by atoms with Crippen molar-refractivity contribution in [1.82, 2.24) is 9.97 Å². The molecule has 0 unspecified atom stereocenters. The summed E-state index contributed by atoms with van der Waals surface area (Å²) >= 11 is 1.37. The molecule has 7 heteroatoms. The highest BCUT2D eigenvalue weighted by atomic mass is 32.1. The molecule has 2 amide bonds. The highest BCUT2D eigenvalue weighted by molar-refractivity contribution is 7.22. The van der Waals surface area contributed by atoms with Crippen LogP contribution >= 0.6 is 11.3 Å². The number of rotatable bonds is 5. The second-order valence-corrected chi connectivity index (χ2v) is 6.32. The zero-order chi connectivity index (χ0) is 16.9. The number of hydrogen-bond donors (Lipinski definition) is 2. The van der Waals surface area contributed by atoms with Crippen molar-refractivity contribution in [3.8, 4) is 0 Å². The summed E-state index contributed by atoms with van der Waals surface area (Å²) in [5.74, 6) is -0.206. The van der Waals surface area contributed by atoms with Crippen LogP contribution in [0.2, 0.25) is 0 Å². The summed E-state index contributed by atoms with van der Waals surface area (Å²) in [5.41, 5.74) is 2.54. The van der Waals surface area contributed by atoms with Crippen molar-refractivity contribution in [1.29, 1.82) is 0 Å². The molecule has 0 saturated carbocycles. The average molecular weight is 340 g/mol. The van der Waals surface area contributed by atoms with Crippen LogP contribution in [0.15, 0.2) is 42.7 Å². The molecule has 122 valence electrons. The maximum atomic E-state index is 12.1. The third kappa shape index (κ3) is 4.14. The number of hydrogen-bond acceptors (Lipinski definition) is 5. The first kappa shape index (κ1) is 16.1. The smallest absolute Gasteiger partial charge is 0.224 e. The summed E-state index contributed by atoms with van der Waals surface area (Å²) in [6, 6.07) is 9.31. The number of aryl methyl sites for hydroxylation is 1. The largest absolute Gasteiger partial charge is 0.326 e. The predicted octanol–water partition coefficient (Wildman–Crippen LogP) is 3.22. The molecule has 0 aliphatic heterocycles. The minimum absolute atomic E-state index is 0.0511. The Bertz CT molecular complexity index is 877. The van der Waals surface area contributed by atoms with Gasteiger partial charge < -0.3 is 10.6 Å². The molecule has 0 aliphatic rings. The van der Waals surface area contributed by atoms with Crippen LogP contribution < -0.4 is 10.6 Å². The second-order valence-electron chi connectivity index (χ2n) is 5.29. The van der Waals surface area contributed by atoms with E-state index in [1.54, 1.807) is 12.4 Å². The number of fused-ring (bicyclic) bond motifs is 1. The van der Waals surface area contributed by atoms with Gasteiger partial charge in [0.1, 0.15) is 0 Å². The Morgan fingerprint density at radius 3 is 2.83 bits per heavy atom. The molecule has 6 nitrogen and oxygen atoms in total. The van der Waals surface area contributed by atoms with Gasteiger partial charge in [0.2, 0.25) is 11.8 Å². The van der Waals surface area contributed by atoms with E-state index in [1.807, 2.05) is 30.3 Å². The van der Waals surface area contributed by atoms with Crippen molar-refractivity contribution in [2.75, 3.05) is 10.6 Å².